The number of carbonyl (C=O) groups excluding carboxylic acids is 1. The first kappa shape index (κ1) is 5.95. The lowest BCUT2D eigenvalue weighted by Crippen LogP contribution is -2.03. The van der Waals surface area contributed by atoms with Crippen LogP contribution in [0.3, 0.4) is 0 Å². The van der Waals surface area contributed by atoms with Crippen LogP contribution in [0.4, 0.5) is 0 Å². The molecule has 0 aliphatic heterocycles. The monoisotopic (exact) mass is 121 g/mol. The lowest BCUT2D eigenvalue weighted by atomic mass is 10.0. The molecule has 0 unspecified atom stereocenters. The van der Waals surface area contributed by atoms with E-state index in [1.807, 2.05) is 6.08 Å². The smallest absolute Gasteiger partial charge is 0.151 e. The largest absolute Gasteiger partial charge is 0.304 e. The summed E-state index contributed by atoms with van der Waals surface area (Å²) < 4.78 is 0. The van der Waals surface area contributed by atoms with E-state index in [0.29, 0.717) is 24.0 Å². The molecule has 0 aromatic rings. The molecular weight excluding hydrogens is 114 g/mol. The van der Waals surface area contributed by atoms with Gasteiger partial charge in [0.15, 0.2) is 6.29 Å². The van der Waals surface area contributed by atoms with Gasteiger partial charge in [0.1, 0.15) is 0 Å². The number of carbonyl (C=O) groups is 1. The van der Waals surface area contributed by atoms with Crippen molar-refractivity contribution in [3.63, 3.8) is 0 Å². The van der Waals surface area contributed by atoms with Crippen molar-refractivity contribution in [1.82, 2.24) is 0 Å². The first-order chi connectivity index (χ1) is 4.34. The van der Waals surface area contributed by atoms with Crippen molar-refractivity contribution in [1.29, 1.82) is 5.41 Å². The normalized spacial score (nSPS) is 17.3. The molecule has 0 aromatic heterocycles. The average molecular weight is 121 g/mol. The van der Waals surface area contributed by atoms with Crippen LogP contribution in [0, 0.1) is 5.41 Å². The van der Waals surface area contributed by atoms with Gasteiger partial charge in [-0.3, -0.25) is 4.79 Å². The SMILES string of the molecule is N=C1CC=CC=C1C=O. The molecule has 1 N–H and O–H groups in total. The molecular formula is C7H7NO. The summed E-state index contributed by atoms with van der Waals surface area (Å²) in [6.07, 6.45) is 6.60. The Balaban J connectivity index is 2.86. The van der Waals surface area contributed by atoms with Crippen LogP contribution in [0.2, 0.25) is 0 Å². The number of hydrogen-bond acceptors (Lipinski definition) is 2. The zero-order chi connectivity index (χ0) is 6.69. The van der Waals surface area contributed by atoms with E-state index in [1.165, 1.54) is 0 Å². The van der Waals surface area contributed by atoms with Crippen LogP contribution in [-0.2, 0) is 4.79 Å². The van der Waals surface area contributed by atoms with Gasteiger partial charge in [-0.25, -0.2) is 0 Å². The van der Waals surface area contributed by atoms with E-state index in [9.17, 15) is 4.79 Å². The van der Waals surface area contributed by atoms with Crippen molar-refractivity contribution in [2.75, 3.05) is 0 Å². The highest BCUT2D eigenvalue weighted by Crippen LogP contribution is 2.04. The summed E-state index contributed by atoms with van der Waals surface area (Å²) in [6, 6.07) is 0. The summed E-state index contributed by atoms with van der Waals surface area (Å²) in [6.45, 7) is 0. The fourth-order valence-corrected chi connectivity index (χ4v) is 0.686. The Morgan fingerprint density at radius 1 is 1.67 bits per heavy atom. The first-order valence-corrected chi connectivity index (χ1v) is 2.74. The first-order valence-electron chi connectivity index (χ1n) is 2.74. The molecule has 1 rings (SSSR count). The Morgan fingerprint density at radius 2 is 2.44 bits per heavy atom. The quantitative estimate of drug-likeness (QED) is 0.518. The maximum Gasteiger partial charge on any atom is 0.151 e. The summed E-state index contributed by atoms with van der Waals surface area (Å²) in [7, 11) is 0. The highest BCUT2D eigenvalue weighted by atomic mass is 16.1. The molecule has 0 bridgehead atoms. The molecule has 2 heteroatoms. The van der Waals surface area contributed by atoms with Gasteiger partial charge >= 0.3 is 0 Å². The zero-order valence-electron chi connectivity index (χ0n) is 4.92. The minimum atomic E-state index is 0.410. The molecule has 0 atom stereocenters. The predicted molar refractivity (Wildman–Crippen MR) is 35.6 cm³/mol. The molecule has 0 saturated heterocycles. The summed E-state index contributed by atoms with van der Waals surface area (Å²) in [5.41, 5.74) is 0.907. The highest BCUT2D eigenvalue weighted by Gasteiger charge is 2.02. The van der Waals surface area contributed by atoms with Gasteiger partial charge in [-0.1, -0.05) is 18.2 Å². The maximum absolute atomic E-state index is 10.1. The molecule has 2 nitrogen and oxygen atoms in total. The van der Waals surface area contributed by atoms with Gasteiger partial charge in [-0.15, -0.1) is 0 Å². The molecule has 1 aliphatic rings. The van der Waals surface area contributed by atoms with Crippen LogP contribution in [0.5, 0.6) is 0 Å². The minimum absolute atomic E-state index is 0.410. The van der Waals surface area contributed by atoms with Gasteiger partial charge in [-0.05, 0) is 0 Å². The predicted octanol–water partition coefficient (Wildman–Crippen LogP) is 1.09. The Hall–Kier alpha value is -1.18. The standard InChI is InChI=1S/C7H7NO/c8-7-4-2-1-3-6(7)5-9/h1-3,5,8H,4H2. The number of aldehydes is 1. The van der Waals surface area contributed by atoms with Gasteiger partial charge in [0.25, 0.3) is 0 Å². The highest BCUT2D eigenvalue weighted by molar-refractivity contribution is 6.14. The molecule has 9 heavy (non-hydrogen) atoms. The second kappa shape index (κ2) is 2.40. The van der Waals surface area contributed by atoms with Gasteiger partial charge in [0.05, 0.1) is 0 Å². The van der Waals surface area contributed by atoms with E-state index < -0.39 is 0 Å². The number of rotatable bonds is 1. The van der Waals surface area contributed by atoms with Gasteiger partial charge in [-0.2, -0.15) is 0 Å². The minimum Gasteiger partial charge on any atom is -0.304 e. The van der Waals surface area contributed by atoms with Crippen molar-refractivity contribution in [3.05, 3.63) is 23.8 Å². The van der Waals surface area contributed by atoms with Crippen LogP contribution < -0.4 is 0 Å². The van der Waals surface area contributed by atoms with Crippen molar-refractivity contribution >= 4 is 12.0 Å². The molecule has 0 heterocycles. The molecule has 0 amide bonds. The van der Waals surface area contributed by atoms with Crippen LogP contribution >= 0.6 is 0 Å². The fourth-order valence-electron chi connectivity index (χ4n) is 0.686. The summed E-state index contributed by atoms with van der Waals surface area (Å²) in [5, 5.41) is 7.20. The summed E-state index contributed by atoms with van der Waals surface area (Å²) in [4.78, 5) is 10.1. The third kappa shape index (κ3) is 1.13. The Bertz CT molecular complexity index is 201. The van der Waals surface area contributed by atoms with Crippen molar-refractivity contribution in [3.8, 4) is 0 Å². The fraction of sp³-hybridized carbons (Fsp3) is 0.143. The molecule has 0 radical (unpaired) electrons. The lowest BCUT2D eigenvalue weighted by molar-refractivity contribution is -0.104. The Labute approximate surface area is 53.4 Å². The maximum atomic E-state index is 10.1. The van der Waals surface area contributed by atoms with E-state index in [0.717, 1.165) is 0 Å². The van der Waals surface area contributed by atoms with E-state index >= 15 is 0 Å². The zero-order valence-corrected chi connectivity index (χ0v) is 4.92. The third-order valence-electron chi connectivity index (χ3n) is 1.21. The summed E-state index contributed by atoms with van der Waals surface area (Å²) in [5.74, 6) is 0. The van der Waals surface area contributed by atoms with Gasteiger partial charge in [0.2, 0.25) is 0 Å². The molecule has 0 saturated carbocycles. The van der Waals surface area contributed by atoms with Crippen molar-refractivity contribution < 1.29 is 4.79 Å². The molecule has 1 aliphatic carbocycles. The van der Waals surface area contributed by atoms with Crippen LogP contribution in [0.25, 0.3) is 0 Å². The Kier molecular flexibility index (Phi) is 1.58. The molecule has 0 fully saturated rings. The lowest BCUT2D eigenvalue weighted by Gasteiger charge is -2.01. The Morgan fingerprint density at radius 3 is 2.89 bits per heavy atom. The van der Waals surface area contributed by atoms with Crippen LogP contribution in [0.1, 0.15) is 6.42 Å². The third-order valence-corrected chi connectivity index (χ3v) is 1.21. The van der Waals surface area contributed by atoms with E-state index in [2.05, 4.69) is 0 Å². The van der Waals surface area contributed by atoms with Gasteiger partial charge < -0.3 is 5.41 Å². The van der Waals surface area contributed by atoms with Crippen molar-refractivity contribution in [2.45, 2.75) is 6.42 Å². The van der Waals surface area contributed by atoms with Crippen LogP contribution in [-0.4, -0.2) is 12.0 Å². The molecule has 0 aromatic carbocycles. The number of nitrogens with one attached hydrogen (secondary N) is 1. The number of allylic oxidation sites excluding steroid dienone is 4. The topological polar surface area (TPSA) is 40.9 Å². The average Bonchev–Trinajstić information content (AvgIpc) is 1.89. The number of hydrogen-bond donors (Lipinski definition) is 1. The van der Waals surface area contributed by atoms with E-state index in [-0.39, 0.29) is 0 Å². The second-order valence-electron chi connectivity index (χ2n) is 1.85. The van der Waals surface area contributed by atoms with E-state index in [1.54, 1.807) is 12.2 Å². The summed E-state index contributed by atoms with van der Waals surface area (Å²) >= 11 is 0. The van der Waals surface area contributed by atoms with E-state index in [4.69, 9.17) is 5.41 Å². The second-order valence-corrected chi connectivity index (χ2v) is 1.85. The van der Waals surface area contributed by atoms with Gasteiger partial charge in [0, 0.05) is 17.7 Å². The van der Waals surface area contributed by atoms with Crippen LogP contribution in [0.15, 0.2) is 23.8 Å². The molecule has 46 valence electrons. The molecule has 0 spiro atoms. The van der Waals surface area contributed by atoms with Crippen molar-refractivity contribution in [2.24, 2.45) is 0 Å².